The molecular weight excluding hydrogens is 306 g/mol. The van der Waals surface area contributed by atoms with Crippen LogP contribution < -0.4 is 10.2 Å². The van der Waals surface area contributed by atoms with Crippen LogP contribution in [0.5, 0.6) is 0 Å². The third-order valence-electron chi connectivity index (χ3n) is 4.68. The number of aliphatic imine (C=N–C) groups is 1. The fourth-order valence-electron chi connectivity index (χ4n) is 2.80. The summed E-state index contributed by atoms with van der Waals surface area (Å²) in [6, 6.07) is 6.51. The molecule has 0 spiro atoms. The van der Waals surface area contributed by atoms with E-state index < -0.39 is 0 Å². The fourth-order valence-corrected chi connectivity index (χ4v) is 2.80. The molecule has 1 N–H and O–H groups in total. The number of fused-ring (bicyclic) bond motifs is 1. The minimum Gasteiger partial charge on any atom is -0.378 e. The molecular formula is C22H29N3. The van der Waals surface area contributed by atoms with Gasteiger partial charge in [0.1, 0.15) is 0 Å². The van der Waals surface area contributed by atoms with Crippen LogP contribution in [0, 0.1) is 0 Å². The first-order valence-electron chi connectivity index (χ1n) is 8.74. The second kappa shape index (κ2) is 8.02. The summed E-state index contributed by atoms with van der Waals surface area (Å²) in [4.78, 5) is 7.06. The van der Waals surface area contributed by atoms with E-state index in [1.165, 1.54) is 5.56 Å². The molecule has 1 heterocycles. The summed E-state index contributed by atoms with van der Waals surface area (Å²) in [5.41, 5.74) is 5.27. The normalized spacial score (nSPS) is 22.4. The van der Waals surface area contributed by atoms with E-state index in [-0.39, 0.29) is 5.54 Å². The van der Waals surface area contributed by atoms with Gasteiger partial charge >= 0.3 is 0 Å². The Kier molecular flexibility index (Phi) is 6.02. The zero-order chi connectivity index (χ0) is 18.4. The van der Waals surface area contributed by atoms with Gasteiger partial charge in [-0.3, -0.25) is 4.99 Å². The predicted molar refractivity (Wildman–Crippen MR) is 112 cm³/mol. The maximum Gasteiger partial charge on any atom is 0.0846 e. The van der Waals surface area contributed by atoms with Gasteiger partial charge < -0.3 is 10.2 Å². The lowest BCUT2D eigenvalue weighted by atomic mass is 9.87. The van der Waals surface area contributed by atoms with Gasteiger partial charge in [-0.1, -0.05) is 43.9 Å². The van der Waals surface area contributed by atoms with Crippen molar-refractivity contribution in [2.45, 2.75) is 32.7 Å². The summed E-state index contributed by atoms with van der Waals surface area (Å²) < 4.78 is 0. The molecule has 1 atom stereocenters. The highest BCUT2D eigenvalue weighted by Gasteiger charge is 2.27. The maximum absolute atomic E-state index is 4.95. The molecule has 0 aliphatic carbocycles. The predicted octanol–water partition coefficient (Wildman–Crippen LogP) is 5.45. The van der Waals surface area contributed by atoms with Crippen LogP contribution in [0.25, 0.3) is 0 Å². The van der Waals surface area contributed by atoms with Crippen LogP contribution in [0.15, 0.2) is 71.4 Å². The van der Waals surface area contributed by atoms with E-state index in [0.29, 0.717) is 0 Å². The highest BCUT2D eigenvalue weighted by Crippen LogP contribution is 2.37. The highest BCUT2D eigenvalue weighted by atomic mass is 15.1. The van der Waals surface area contributed by atoms with Crippen molar-refractivity contribution in [1.29, 1.82) is 0 Å². The molecule has 1 aromatic carbocycles. The number of anilines is 2. The smallest absolute Gasteiger partial charge is 0.0846 e. The second-order valence-corrected chi connectivity index (χ2v) is 6.61. The average Bonchev–Trinajstić information content (AvgIpc) is 2.61. The lowest BCUT2D eigenvalue weighted by molar-refractivity contribution is 0.484. The van der Waals surface area contributed by atoms with E-state index in [1.807, 2.05) is 37.6 Å². The molecule has 3 nitrogen and oxygen atoms in total. The highest BCUT2D eigenvalue weighted by molar-refractivity contribution is 5.88. The Bertz CT molecular complexity index is 751. The Morgan fingerprint density at radius 1 is 1.36 bits per heavy atom. The molecule has 132 valence electrons. The molecule has 2 rings (SSSR count). The van der Waals surface area contributed by atoms with Crippen LogP contribution >= 0.6 is 0 Å². The van der Waals surface area contributed by atoms with E-state index in [9.17, 15) is 0 Å². The molecule has 0 amide bonds. The molecule has 0 radical (unpaired) electrons. The summed E-state index contributed by atoms with van der Waals surface area (Å²) in [6.07, 6.45) is 12.8. The standard InChI is InChI=1S/C22H29N3/c1-7-10-11-17(8-2)18-15-23-21-14-19(25(5)6)12-13-20(21)22(4,9-3)24-16-18/h7-8,10-16,23H,2,9H2,1,3-6H3/b10-7-,17-11+,18-15+,24-16?/t22-/m0/s1. The number of nitrogens with zero attached hydrogens (tertiary/aromatic N) is 2. The van der Waals surface area contributed by atoms with Gasteiger partial charge in [0, 0.05) is 49.0 Å². The number of nitrogens with one attached hydrogen (secondary N) is 1. The topological polar surface area (TPSA) is 27.6 Å². The minimum atomic E-state index is -0.264. The molecule has 3 heteroatoms. The Morgan fingerprint density at radius 2 is 2.12 bits per heavy atom. The SMILES string of the molecule is C=CC(=C\C=C/C)/C1=C/Nc2cc(N(C)C)ccc2[C@](C)(CC)N=C1. The van der Waals surface area contributed by atoms with Gasteiger partial charge in [0.15, 0.2) is 0 Å². The van der Waals surface area contributed by atoms with Crippen molar-refractivity contribution in [1.82, 2.24) is 0 Å². The minimum absolute atomic E-state index is 0.264. The van der Waals surface area contributed by atoms with Gasteiger partial charge in [0.05, 0.1) is 5.54 Å². The molecule has 0 unspecified atom stereocenters. The third kappa shape index (κ3) is 4.11. The number of hydrogen-bond acceptors (Lipinski definition) is 3. The van der Waals surface area contributed by atoms with E-state index in [1.54, 1.807) is 0 Å². The Morgan fingerprint density at radius 3 is 2.72 bits per heavy atom. The van der Waals surface area contributed by atoms with Crippen molar-refractivity contribution in [3.05, 3.63) is 72.0 Å². The van der Waals surface area contributed by atoms with Crippen molar-refractivity contribution < 1.29 is 0 Å². The number of rotatable bonds is 5. The van der Waals surface area contributed by atoms with Crippen molar-refractivity contribution in [3.8, 4) is 0 Å². The second-order valence-electron chi connectivity index (χ2n) is 6.61. The van der Waals surface area contributed by atoms with Gasteiger partial charge in [-0.2, -0.15) is 0 Å². The average molecular weight is 335 g/mol. The van der Waals surface area contributed by atoms with E-state index in [0.717, 1.165) is 28.9 Å². The van der Waals surface area contributed by atoms with Crippen molar-refractivity contribution in [3.63, 3.8) is 0 Å². The van der Waals surface area contributed by atoms with E-state index in [2.05, 4.69) is 69.0 Å². The van der Waals surface area contributed by atoms with Crippen LogP contribution in [0.3, 0.4) is 0 Å². The molecule has 1 aliphatic heterocycles. The summed E-state index contributed by atoms with van der Waals surface area (Å²) in [7, 11) is 4.11. The quantitative estimate of drug-likeness (QED) is 0.725. The Labute approximate surface area is 152 Å². The molecule has 25 heavy (non-hydrogen) atoms. The number of benzene rings is 1. The molecule has 1 aliphatic rings. The van der Waals surface area contributed by atoms with Crippen LogP contribution in [0.4, 0.5) is 11.4 Å². The van der Waals surface area contributed by atoms with Crippen LogP contribution in [-0.4, -0.2) is 20.3 Å². The van der Waals surface area contributed by atoms with Crippen molar-refractivity contribution >= 4 is 17.6 Å². The lowest BCUT2D eigenvalue weighted by Crippen LogP contribution is -2.22. The summed E-state index contributed by atoms with van der Waals surface area (Å²) in [5.74, 6) is 0. The molecule has 1 aromatic rings. The zero-order valence-electron chi connectivity index (χ0n) is 16.0. The molecule has 0 aromatic heterocycles. The van der Waals surface area contributed by atoms with Gasteiger partial charge in [-0.05, 0) is 38.0 Å². The summed E-state index contributed by atoms with van der Waals surface area (Å²) in [6.45, 7) is 10.3. The van der Waals surface area contributed by atoms with Crippen molar-refractivity contribution in [2.75, 3.05) is 24.3 Å². The zero-order valence-corrected chi connectivity index (χ0v) is 16.0. The first kappa shape index (κ1) is 18.8. The summed E-state index contributed by atoms with van der Waals surface area (Å²) in [5, 5.41) is 3.50. The monoisotopic (exact) mass is 335 g/mol. The number of hydrogen-bond donors (Lipinski definition) is 1. The maximum atomic E-state index is 4.95. The van der Waals surface area contributed by atoms with Crippen LogP contribution in [0.1, 0.15) is 32.8 Å². The summed E-state index contributed by atoms with van der Waals surface area (Å²) >= 11 is 0. The molecule has 0 saturated carbocycles. The van der Waals surface area contributed by atoms with Crippen LogP contribution in [-0.2, 0) is 5.54 Å². The molecule has 0 saturated heterocycles. The van der Waals surface area contributed by atoms with Gasteiger partial charge in [-0.15, -0.1) is 0 Å². The first-order valence-corrected chi connectivity index (χ1v) is 8.74. The van der Waals surface area contributed by atoms with Gasteiger partial charge in [0.25, 0.3) is 0 Å². The van der Waals surface area contributed by atoms with E-state index >= 15 is 0 Å². The Hall–Kier alpha value is -2.55. The Balaban J connectivity index is 2.58. The van der Waals surface area contributed by atoms with Crippen LogP contribution in [0.2, 0.25) is 0 Å². The number of allylic oxidation sites excluding steroid dienone is 6. The van der Waals surface area contributed by atoms with E-state index in [4.69, 9.17) is 4.99 Å². The van der Waals surface area contributed by atoms with Crippen molar-refractivity contribution in [2.24, 2.45) is 4.99 Å². The third-order valence-corrected chi connectivity index (χ3v) is 4.68. The fraction of sp³-hybridized carbons (Fsp3) is 0.318. The molecule has 0 fully saturated rings. The van der Waals surface area contributed by atoms with Gasteiger partial charge in [-0.25, -0.2) is 0 Å². The van der Waals surface area contributed by atoms with Gasteiger partial charge in [0.2, 0.25) is 0 Å². The first-order chi connectivity index (χ1) is 11.9. The largest absolute Gasteiger partial charge is 0.378 e. The lowest BCUT2D eigenvalue weighted by Gasteiger charge is -2.29. The molecule has 0 bridgehead atoms.